The highest BCUT2D eigenvalue weighted by atomic mass is 19.1. The van der Waals surface area contributed by atoms with E-state index in [-0.39, 0.29) is 12.1 Å². The monoisotopic (exact) mass is 331 g/mol. The van der Waals surface area contributed by atoms with Crippen molar-refractivity contribution in [3.63, 3.8) is 0 Å². The summed E-state index contributed by atoms with van der Waals surface area (Å²) in [7, 11) is 3.46. The maximum absolute atomic E-state index is 14.1. The minimum Gasteiger partial charge on any atom is -0.366 e. The van der Waals surface area contributed by atoms with Crippen LogP contribution in [0, 0.1) is 36.8 Å². The Bertz CT molecular complexity index is 763. The van der Waals surface area contributed by atoms with Gasteiger partial charge in [-0.2, -0.15) is 10.4 Å². The van der Waals surface area contributed by atoms with Crippen molar-refractivity contribution < 1.29 is 8.78 Å². The molecule has 1 aromatic carbocycles. The Morgan fingerprint density at radius 3 is 2.38 bits per heavy atom. The molecular formula is C17H19F2N5. The van der Waals surface area contributed by atoms with Gasteiger partial charge in [0.05, 0.1) is 11.7 Å². The minimum absolute atomic E-state index is 0.0229. The van der Waals surface area contributed by atoms with Crippen molar-refractivity contribution in [1.82, 2.24) is 15.1 Å². The van der Waals surface area contributed by atoms with Crippen molar-refractivity contribution >= 4 is 5.82 Å². The summed E-state index contributed by atoms with van der Waals surface area (Å²) in [5.41, 5.74) is 1.76. The van der Waals surface area contributed by atoms with Gasteiger partial charge >= 0.3 is 0 Å². The summed E-state index contributed by atoms with van der Waals surface area (Å²) in [6.07, 6.45) is 0. The van der Waals surface area contributed by atoms with Gasteiger partial charge in [-0.05, 0) is 45.6 Å². The number of hydrogen-bond donors (Lipinski definition) is 1. The molecule has 0 bridgehead atoms. The number of aryl methyl sites for hydroxylation is 1. The largest absolute Gasteiger partial charge is 0.366 e. The first-order chi connectivity index (χ1) is 11.4. The lowest BCUT2D eigenvalue weighted by molar-refractivity contribution is 0.295. The van der Waals surface area contributed by atoms with Crippen LogP contribution in [0.1, 0.15) is 28.4 Å². The molecule has 0 radical (unpaired) electrons. The van der Waals surface area contributed by atoms with Gasteiger partial charge in [-0.15, -0.1) is 5.10 Å². The lowest BCUT2D eigenvalue weighted by Gasteiger charge is -2.26. The zero-order valence-corrected chi connectivity index (χ0v) is 14.1. The van der Waals surface area contributed by atoms with Gasteiger partial charge in [-0.25, -0.2) is 8.78 Å². The van der Waals surface area contributed by atoms with Crippen LogP contribution in [-0.4, -0.2) is 35.7 Å². The Balaban J connectivity index is 2.32. The van der Waals surface area contributed by atoms with Gasteiger partial charge in [0.2, 0.25) is 0 Å². The van der Waals surface area contributed by atoms with E-state index in [0.29, 0.717) is 17.1 Å². The first-order valence-electron chi connectivity index (χ1n) is 7.45. The smallest absolute Gasteiger partial charge is 0.167 e. The Morgan fingerprint density at radius 2 is 1.83 bits per heavy atom. The molecule has 1 aromatic heterocycles. The first-order valence-corrected chi connectivity index (χ1v) is 7.45. The molecule has 24 heavy (non-hydrogen) atoms. The molecule has 0 aliphatic rings. The van der Waals surface area contributed by atoms with Crippen LogP contribution in [0.4, 0.5) is 14.6 Å². The predicted molar refractivity (Wildman–Crippen MR) is 87.5 cm³/mol. The van der Waals surface area contributed by atoms with Crippen molar-refractivity contribution in [2.45, 2.75) is 19.9 Å². The summed E-state index contributed by atoms with van der Waals surface area (Å²) >= 11 is 0. The fourth-order valence-corrected chi connectivity index (χ4v) is 2.43. The van der Waals surface area contributed by atoms with Crippen molar-refractivity contribution in [3.05, 3.63) is 52.2 Å². The second-order valence-corrected chi connectivity index (χ2v) is 5.74. The summed E-state index contributed by atoms with van der Waals surface area (Å²) in [5.74, 6) is -0.909. The molecule has 0 saturated carbocycles. The van der Waals surface area contributed by atoms with Crippen LogP contribution in [0.5, 0.6) is 0 Å². The zero-order chi connectivity index (χ0) is 17.9. The topological polar surface area (TPSA) is 64.8 Å². The molecule has 0 fully saturated rings. The third-order valence-corrected chi connectivity index (χ3v) is 3.99. The lowest BCUT2D eigenvalue weighted by atomic mass is 10.0. The molecule has 1 heterocycles. The first kappa shape index (κ1) is 17.8. The van der Waals surface area contributed by atoms with E-state index in [2.05, 4.69) is 21.6 Å². The molecule has 0 aliphatic heterocycles. The number of rotatable bonds is 5. The van der Waals surface area contributed by atoms with Gasteiger partial charge < -0.3 is 10.2 Å². The Morgan fingerprint density at radius 1 is 1.21 bits per heavy atom. The summed E-state index contributed by atoms with van der Waals surface area (Å²) in [4.78, 5) is 1.70. The van der Waals surface area contributed by atoms with Crippen molar-refractivity contribution in [2.24, 2.45) is 0 Å². The van der Waals surface area contributed by atoms with Crippen LogP contribution in [0.25, 0.3) is 0 Å². The highest BCUT2D eigenvalue weighted by molar-refractivity contribution is 5.55. The molecule has 2 rings (SSSR count). The Hall–Kier alpha value is -2.59. The fraction of sp³-hybridized carbons (Fsp3) is 0.353. The van der Waals surface area contributed by atoms with Crippen LogP contribution in [0.2, 0.25) is 0 Å². The van der Waals surface area contributed by atoms with Crippen molar-refractivity contribution in [2.75, 3.05) is 26.0 Å². The fourth-order valence-electron chi connectivity index (χ4n) is 2.43. The standard InChI is InChI=1S/C17H19F2N5/c1-10-11(2)22-23-17(12(10)8-20)21-9-15(24(3)4)16-13(18)6-5-7-14(16)19/h5-7,15H,9H2,1-4H3,(H,21,23). The zero-order valence-electron chi connectivity index (χ0n) is 14.1. The number of anilines is 1. The molecule has 1 N–H and O–H groups in total. The van der Waals surface area contributed by atoms with Crippen molar-refractivity contribution in [3.8, 4) is 6.07 Å². The Kier molecular flexibility index (Phi) is 5.42. The summed E-state index contributed by atoms with van der Waals surface area (Å²) in [6, 6.07) is 5.31. The van der Waals surface area contributed by atoms with Gasteiger partial charge in [0.25, 0.3) is 0 Å². The molecule has 7 heteroatoms. The van der Waals surface area contributed by atoms with E-state index < -0.39 is 17.7 Å². The molecule has 1 atom stereocenters. The second-order valence-electron chi connectivity index (χ2n) is 5.74. The SMILES string of the molecule is Cc1nnc(NCC(c2c(F)cccc2F)N(C)C)c(C#N)c1C. The predicted octanol–water partition coefficient (Wildman–Crippen LogP) is 2.96. The van der Waals surface area contributed by atoms with E-state index in [1.54, 1.807) is 32.8 Å². The van der Waals surface area contributed by atoms with Gasteiger partial charge in [-0.3, -0.25) is 0 Å². The summed E-state index contributed by atoms with van der Waals surface area (Å²) in [6.45, 7) is 3.73. The second kappa shape index (κ2) is 7.32. The van der Waals surface area contributed by atoms with Crippen LogP contribution < -0.4 is 5.32 Å². The highest BCUT2D eigenvalue weighted by Crippen LogP contribution is 2.25. The van der Waals surface area contributed by atoms with Gasteiger partial charge in [0.15, 0.2) is 5.82 Å². The van der Waals surface area contributed by atoms with Gasteiger partial charge in [0, 0.05) is 12.1 Å². The molecule has 5 nitrogen and oxygen atoms in total. The summed E-state index contributed by atoms with van der Waals surface area (Å²) < 4.78 is 28.1. The van der Waals surface area contributed by atoms with E-state index >= 15 is 0 Å². The summed E-state index contributed by atoms with van der Waals surface area (Å²) in [5, 5.41) is 20.3. The highest BCUT2D eigenvalue weighted by Gasteiger charge is 2.23. The molecule has 0 spiro atoms. The van der Waals surface area contributed by atoms with E-state index in [0.717, 1.165) is 5.56 Å². The van der Waals surface area contributed by atoms with Crippen LogP contribution in [0.3, 0.4) is 0 Å². The number of nitrogens with zero attached hydrogens (tertiary/aromatic N) is 4. The van der Waals surface area contributed by atoms with Gasteiger partial charge in [-0.1, -0.05) is 6.07 Å². The Labute approximate surface area is 139 Å². The normalized spacial score (nSPS) is 12.1. The number of hydrogen-bond acceptors (Lipinski definition) is 5. The molecule has 1 unspecified atom stereocenters. The van der Waals surface area contributed by atoms with Gasteiger partial charge in [0.1, 0.15) is 23.3 Å². The molecule has 0 aliphatic carbocycles. The molecule has 2 aromatic rings. The van der Waals surface area contributed by atoms with E-state index in [9.17, 15) is 14.0 Å². The maximum Gasteiger partial charge on any atom is 0.167 e. The van der Waals surface area contributed by atoms with Crippen LogP contribution in [0.15, 0.2) is 18.2 Å². The average Bonchev–Trinajstić information content (AvgIpc) is 2.53. The average molecular weight is 331 g/mol. The van der Waals surface area contributed by atoms with Crippen molar-refractivity contribution in [1.29, 1.82) is 5.26 Å². The van der Waals surface area contributed by atoms with Crippen LogP contribution >= 0.6 is 0 Å². The number of nitriles is 1. The molecule has 126 valence electrons. The quantitative estimate of drug-likeness (QED) is 0.912. The number of benzene rings is 1. The third kappa shape index (κ3) is 3.49. The third-order valence-electron chi connectivity index (χ3n) is 3.99. The van der Waals surface area contributed by atoms with Crippen LogP contribution in [-0.2, 0) is 0 Å². The minimum atomic E-state index is -0.609. The van der Waals surface area contributed by atoms with E-state index in [1.807, 2.05) is 0 Å². The van der Waals surface area contributed by atoms with E-state index in [4.69, 9.17) is 0 Å². The van der Waals surface area contributed by atoms with E-state index in [1.165, 1.54) is 18.2 Å². The molecular weight excluding hydrogens is 312 g/mol. The number of nitrogens with one attached hydrogen (secondary N) is 1. The molecule has 0 saturated heterocycles. The number of halogens is 2. The maximum atomic E-state index is 14.1. The lowest BCUT2D eigenvalue weighted by Crippen LogP contribution is -2.29. The number of aromatic nitrogens is 2. The molecule has 0 amide bonds. The number of likely N-dealkylation sites (N-methyl/N-ethyl adjacent to an activating group) is 1.